The summed E-state index contributed by atoms with van der Waals surface area (Å²) < 4.78 is 13.7. The largest absolute Gasteiger partial charge is 0.485 e. The van der Waals surface area contributed by atoms with Crippen LogP contribution in [0.3, 0.4) is 0 Å². The second-order valence-corrected chi connectivity index (χ2v) is 8.49. The van der Waals surface area contributed by atoms with Gasteiger partial charge in [0.1, 0.15) is 12.4 Å². The molecule has 0 spiro atoms. The minimum absolute atomic E-state index is 0.381. The first-order valence-electron chi connectivity index (χ1n) is 10.2. The predicted molar refractivity (Wildman–Crippen MR) is 116 cm³/mol. The van der Waals surface area contributed by atoms with Gasteiger partial charge in [-0.3, -0.25) is 0 Å². The lowest BCUT2D eigenvalue weighted by molar-refractivity contribution is 0.181. The molecule has 1 saturated carbocycles. The molecule has 4 rings (SSSR count). The average Bonchev–Trinajstić information content (AvgIpc) is 3.42. The van der Waals surface area contributed by atoms with Crippen molar-refractivity contribution in [3.63, 3.8) is 0 Å². The molecule has 2 aromatic carbocycles. The van der Waals surface area contributed by atoms with Gasteiger partial charge < -0.3 is 14.0 Å². The van der Waals surface area contributed by atoms with Gasteiger partial charge in [0.25, 0.3) is 0 Å². The minimum atomic E-state index is 0.381. The molecule has 1 heterocycles. The van der Waals surface area contributed by atoms with Crippen molar-refractivity contribution >= 4 is 11.8 Å². The normalized spacial score (nSPS) is 14.4. The lowest BCUT2D eigenvalue weighted by Gasteiger charge is -2.14. The van der Waals surface area contributed by atoms with E-state index in [-0.39, 0.29) is 0 Å². The summed E-state index contributed by atoms with van der Waals surface area (Å²) in [6, 6.07) is 18.4. The molecule has 1 fully saturated rings. The molecule has 0 atom stereocenters. The van der Waals surface area contributed by atoms with Crippen molar-refractivity contribution in [2.45, 2.75) is 49.2 Å². The second kappa shape index (κ2) is 9.94. The Kier molecular flexibility index (Phi) is 6.85. The van der Waals surface area contributed by atoms with Crippen molar-refractivity contribution in [1.29, 1.82) is 0 Å². The van der Waals surface area contributed by atoms with Crippen LogP contribution in [0.1, 0.15) is 31.5 Å². The van der Waals surface area contributed by atoms with Crippen molar-refractivity contribution in [3.05, 3.63) is 60.4 Å². The fourth-order valence-electron chi connectivity index (χ4n) is 3.67. The molecule has 5 nitrogen and oxygen atoms in total. The Morgan fingerprint density at radius 1 is 1.00 bits per heavy atom. The molecule has 6 heteroatoms. The maximum atomic E-state index is 6.21. The van der Waals surface area contributed by atoms with Gasteiger partial charge in [-0.2, -0.15) is 0 Å². The van der Waals surface area contributed by atoms with E-state index in [1.165, 1.54) is 25.7 Å². The summed E-state index contributed by atoms with van der Waals surface area (Å²) in [4.78, 5) is 0. The number of rotatable bonds is 9. The molecular weight excluding hydrogens is 382 g/mol. The van der Waals surface area contributed by atoms with E-state index < -0.39 is 0 Å². The molecule has 1 aromatic heterocycles. The molecule has 0 unspecified atom stereocenters. The van der Waals surface area contributed by atoms with E-state index in [1.807, 2.05) is 48.2 Å². The van der Waals surface area contributed by atoms with Gasteiger partial charge in [-0.25, -0.2) is 0 Å². The van der Waals surface area contributed by atoms with Crippen LogP contribution in [0.15, 0.2) is 59.8 Å². The standard InChI is InChI=1S/C23H27N3O2S/c1-27-16-15-26-22(24-25-23(26)29-19-11-5-6-12-19)17-28-21-14-8-7-13-20(21)18-9-3-2-4-10-18/h2-4,7-10,13-14,19H,5-6,11-12,15-17H2,1H3. The van der Waals surface area contributed by atoms with E-state index in [1.54, 1.807) is 7.11 Å². The summed E-state index contributed by atoms with van der Waals surface area (Å²) >= 11 is 1.85. The Morgan fingerprint density at radius 3 is 2.55 bits per heavy atom. The van der Waals surface area contributed by atoms with Crippen LogP contribution < -0.4 is 4.74 Å². The zero-order valence-corrected chi connectivity index (χ0v) is 17.6. The molecular formula is C23H27N3O2S. The summed E-state index contributed by atoms with van der Waals surface area (Å²) in [6.45, 7) is 1.74. The van der Waals surface area contributed by atoms with Gasteiger partial charge in [-0.15, -0.1) is 10.2 Å². The molecule has 29 heavy (non-hydrogen) atoms. The number of thioether (sulfide) groups is 1. The van der Waals surface area contributed by atoms with Crippen LogP contribution in [0.5, 0.6) is 5.75 Å². The van der Waals surface area contributed by atoms with Crippen LogP contribution in [0, 0.1) is 0 Å². The summed E-state index contributed by atoms with van der Waals surface area (Å²) in [5.41, 5.74) is 2.22. The summed E-state index contributed by atoms with van der Waals surface area (Å²) in [6.07, 6.45) is 5.16. The fourth-order valence-corrected chi connectivity index (χ4v) is 4.95. The smallest absolute Gasteiger partial charge is 0.191 e. The van der Waals surface area contributed by atoms with Crippen LogP contribution in [0.2, 0.25) is 0 Å². The molecule has 0 saturated heterocycles. The van der Waals surface area contributed by atoms with E-state index in [9.17, 15) is 0 Å². The molecule has 0 aliphatic heterocycles. The number of hydrogen-bond acceptors (Lipinski definition) is 5. The average molecular weight is 410 g/mol. The highest BCUT2D eigenvalue weighted by Gasteiger charge is 2.21. The van der Waals surface area contributed by atoms with Gasteiger partial charge in [-0.1, -0.05) is 73.1 Å². The molecule has 0 N–H and O–H groups in total. The molecule has 1 aliphatic rings. The van der Waals surface area contributed by atoms with E-state index in [2.05, 4.69) is 33.0 Å². The van der Waals surface area contributed by atoms with Crippen molar-refractivity contribution in [3.8, 4) is 16.9 Å². The zero-order chi connectivity index (χ0) is 19.9. The lowest BCUT2D eigenvalue weighted by Crippen LogP contribution is -2.12. The Hall–Kier alpha value is -2.31. The number of hydrogen-bond donors (Lipinski definition) is 0. The van der Waals surface area contributed by atoms with Crippen LogP contribution in [-0.4, -0.2) is 33.7 Å². The first-order chi connectivity index (χ1) is 14.3. The fraction of sp³-hybridized carbons (Fsp3) is 0.391. The highest BCUT2D eigenvalue weighted by molar-refractivity contribution is 7.99. The van der Waals surface area contributed by atoms with E-state index >= 15 is 0 Å². The molecule has 0 bridgehead atoms. The molecule has 1 aliphatic carbocycles. The third-order valence-corrected chi connectivity index (χ3v) is 6.53. The molecule has 0 amide bonds. The van der Waals surface area contributed by atoms with E-state index in [4.69, 9.17) is 9.47 Å². The van der Waals surface area contributed by atoms with Gasteiger partial charge in [-0.05, 0) is 24.5 Å². The van der Waals surface area contributed by atoms with E-state index in [0.29, 0.717) is 18.5 Å². The molecule has 152 valence electrons. The quantitative estimate of drug-likeness (QED) is 0.486. The van der Waals surface area contributed by atoms with Crippen LogP contribution >= 0.6 is 11.8 Å². The topological polar surface area (TPSA) is 49.2 Å². The van der Waals surface area contributed by atoms with Crippen LogP contribution in [-0.2, 0) is 17.9 Å². The number of para-hydroxylation sites is 1. The summed E-state index contributed by atoms with van der Waals surface area (Å²) in [5, 5.41) is 10.5. The Morgan fingerprint density at radius 2 is 1.76 bits per heavy atom. The molecule has 0 radical (unpaired) electrons. The Balaban J connectivity index is 1.52. The summed E-state index contributed by atoms with van der Waals surface area (Å²) in [5.74, 6) is 1.69. The zero-order valence-electron chi connectivity index (χ0n) is 16.8. The highest BCUT2D eigenvalue weighted by Crippen LogP contribution is 2.34. The minimum Gasteiger partial charge on any atom is -0.485 e. The number of nitrogens with zero attached hydrogens (tertiary/aromatic N) is 3. The van der Waals surface area contributed by atoms with Gasteiger partial charge in [0.2, 0.25) is 0 Å². The van der Waals surface area contributed by atoms with E-state index in [0.717, 1.165) is 34.4 Å². The number of aromatic nitrogens is 3. The van der Waals surface area contributed by atoms with Crippen molar-refractivity contribution in [2.75, 3.05) is 13.7 Å². The third kappa shape index (κ3) is 5.00. The van der Waals surface area contributed by atoms with Gasteiger partial charge in [0.05, 0.1) is 6.61 Å². The van der Waals surface area contributed by atoms with Crippen molar-refractivity contribution in [1.82, 2.24) is 14.8 Å². The first kappa shape index (κ1) is 20.0. The predicted octanol–water partition coefficient (Wildman–Crippen LogP) is 5.21. The third-order valence-electron chi connectivity index (χ3n) is 5.22. The van der Waals surface area contributed by atoms with Gasteiger partial charge in [0, 0.05) is 24.5 Å². The van der Waals surface area contributed by atoms with Gasteiger partial charge in [0.15, 0.2) is 11.0 Å². The summed E-state index contributed by atoms with van der Waals surface area (Å²) in [7, 11) is 1.72. The van der Waals surface area contributed by atoms with Gasteiger partial charge >= 0.3 is 0 Å². The van der Waals surface area contributed by atoms with Crippen LogP contribution in [0.4, 0.5) is 0 Å². The maximum Gasteiger partial charge on any atom is 0.191 e. The maximum absolute atomic E-state index is 6.21. The van der Waals surface area contributed by atoms with Crippen molar-refractivity contribution < 1.29 is 9.47 Å². The Labute approximate surface area is 176 Å². The Bertz CT molecular complexity index is 907. The lowest BCUT2D eigenvalue weighted by atomic mass is 10.1. The molecule has 3 aromatic rings. The number of methoxy groups -OCH3 is 1. The monoisotopic (exact) mass is 409 g/mol. The van der Waals surface area contributed by atoms with Crippen LogP contribution in [0.25, 0.3) is 11.1 Å². The first-order valence-corrected chi connectivity index (χ1v) is 11.1. The SMILES string of the molecule is COCCn1c(COc2ccccc2-c2ccccc2)nnc1SC1CCCC1. The van der Waals surface area contributed by atoms with Crippen molar-refractivity contribution in [2.24, 2.45) is 0 Å². The number of ether oxygens (including phenoxy) is 2. The highest BCUT2D eigenvalue weighted by atomic mass is 32.2. The number of benzene rings is 2. The second-order valence-electron chi connectivity index (χ2n) is 7.22.